The number of hydrogen-bond acceptors (Lipinski definition) is 4. The third kappa shape index (κ3) is 5.15. The quantitative estimate of drug-likeness (QED) is 0.203. The number of halogens is 1. The molecule has 4 rings (SSSR count). The smallest absolute Gasteiger partial charge is 0.271 e. The van der Waals surface area contributed by atoms with Gasteiger partial charge in [0.15, 0.2) is 0 Å². The first-order chi connectivity index (χ1) is 15.6. The van der Waals surface area contributed by atoms with Gasteiger partial charge < -0.3 is 9.72 Å². The number of imidazole rings is 1. The molecule has 6 nitrogen and oxygen atoms in total. The number of unbranched alkanes of at least 4 members (excludes halogenated alkanes) is 1. The second kappa shape index (κ2) is 10.1. The van der Waals surface area contributed by atoms with E-state index in [4.69, 9.17) is 16.3 Å². The summed E-state index contributed by atoms with van der Waals surface area (Å²) < 4.78 is 5.64. The van der Waals surface area contributed by atoms with Crippen molar-refractivity contribution in [3.05, 3.63) is 82.9 Å². The number of nitrogens with zero attached hydrogens (tertiary/aromatic N) is 2. The van der Waals surface area contributed by atoms with Crippen LogP contribution in [0.1, 0.15) is 35.7 Å². The van der Waals surface area contributed by atoms with E-state index >= 15 is 0 Å². The number of hydrogen-bond donors (Lipinski definition) is 2. The van der Waals surface area contributed by atoms with Crippen LogP contribution in [0.3, 0.4) is 0 Å². The lowest BCUT2D eigenvalue weighted by atomic mass is 10.2. The molecule has 0 saturated carbocycles. The van der Waals surface area contributed by atoms with Crippen LogP contribution < -0.4 is 10.2 Å². The first-order valence-corrected chi connectivity index (χ1v) is 10.8. The Labute approximate surface area is 191 Å². The molecule has 7 heteroatoms. The molecule has 0 fully saturated rings. The lowest BCUT2D eigenvalue weighted by molar-refractivity contribution is 0.0955. The summed E-state index contributed by atoms with van der Waals surface area (Å²) in [6.07, 6.45) is 3.72. The summed E-state index contributed by atoms with van der Waals surface area (Å²) in [7, 11) is 0. The molecule has 162 valence electrons. The minimum atomic E-state index is -0.309. The zero-order chi connectivity index (χ0) is 22.3. The molecule has 0 aliphatic rings. The Bertz CT molecular complexity index is 1250. The summed E-state index contributed by atoms with van der Waals surface area (Å²) in [5.74, 6) is 1.17. The Hall–Kier alpha value is -3.64. The van der Waals surface area contributed by atoms with Gasteiger partial charge in [-0.2, -0.15) is 5.10 Å². The van der Waals surface area contributed by atoms with E-state index in [0.29, 0.717) is 23.0 Å². The number of aromatic nitrogens is 2. The van der Waals surface area contributed by atoms with Crippen LogP contribution in [0.4, 0.5) is 0 Å². The highest BCUT2D eigenvalue weighted by Crippen LogP contribution is 2.27. The van der Waals surface area contributed by atoms with E-state index in [-0.39, 0.29) is 5.91 Å². The highest BCUT2D eigenvalue weighted by molar-refractivity contribution is 6.33. The molecule has 0 radical (unpaired) electrons. The Morgan fingerprint density at radius 1 is 1.16 bits per heavy atom. The average molecular weight is 447 g/mol. The number of benzene rings is 3. The molecule has 0 atom stereocenters. The van der Waals surface area contributed by atoms with E-state index < -0.39 is 0 Å². The molecule has 0 spiro atoms. The minimum Gasteiger partial charge on any atom is -0.494 e. The predicted octanol–water partition coefficient (Wildman–Crippen LogP) is 5.83. The zero-order valence-electron chi connectivity index (χ0n) is 17.6. The third-order valence-electron chi connectivity index (χ3n) is 4.90. The summed E-state index contributed by atoms with van der Waals surface area (Å²) in [6, 6.07) is 20.3. The highest BCUT2D eigenvalue weighted by atomic mass is 35.5. The van der Waals surface area contributed by atoms with Crippen molar-refractivity contribution in [3.63, 3.8) is 0 Å². The van der Waals surface area contributed by atoms with Crippen molar-refractivity contribution in [2.24, 2.45) is 5.10 Å². The molecule has 0 aliphatic carbocycles. The van der Waals surface area contributed by atoms with E-state index in [2.05, 4.69) is 27.4 Å². The second-order valence-electron chi connectivity index (χ2n) is 7.27. The van der Waals surface area contributed by atoms with Gasteiger partial charge in [0.05, 0.1) is 28.9 Å². The number of H-pyrrole nitrogens is 1. The molecule has 0 saturated heterocycles. The third-order valence-corrected chi connectivity index (χ3v) is 5.23. The maximum Gasteiger partial charge on any atom is 0.271 e. The van der Waals surface area contributed by atoms with Crippen LogP contribution in [0.25, 0.3) is 22.4 Å². The maximum absolute atomic E-state index is 12.5. The standard InChI is InChI=1S/C25H23ClN4O2/c1-2-3-14-32-19-11-8-17(9-12-19)16-27-30-25(31)18-10-13-22-23(15-18)29-24(28-22)20-6-4-5-7-21(20)26/h4-13,15-16H,2-3,14H2,1H3,(H,28,29)(H,30,31)/b27-16+. The second-order valence-corrected chi connectivity index (χ2v) is 7.67. The maximum atomic E-state index is 12.5. The van der Waals surface area contributed by atoms with E-state index in [1.165, 1.54) is 0 Å². The van der Waals surface area contributed by atoms with Crippen LogP contribution in [0.2, 0.25) is 5.02 Å². The van der Waals surface area contributed by atoms with Gasteiger partial charge in [0, 0.05) is 11.1 Å². The van der Waals surface area contributed by atoms with E-state index in [0.717, 1.165) is 40.8 Å². The fraction of sp³-hybridized carbons (Fsp3) is 0.160. The van der Waals surface area contributed by atoms with Gasteiger partial charge >= 0.3 is 0 Å². The molecule has 0 bridgehead atoms. The number of ether oxygens (including phenoxy) is 1. The van der Waals surface area contributed by atoms with Crippen LogP contribution in [0.5, 0.6) is 5.75 Å². The number of nitrogens with one attached hydrogen (secondary N) is 2. The topological polar surface area (TPSA) is 79.4 Å². The number of fused-ring (bicyclic) bond motifs is 1. The van der Waals surface area contributed by atoms with Crippen molar-refractivity contribution in [1.29, 1.82) is 0 Å². The fourth-order valence-corrected chi connectivity index (χ4v) is 3.37. The summed E-state index contributed by atoms with van der Waals surface area (Å²) >= 11 is 6.27. The molecular weight excluding hydrogens is 424 g/mol. The Morgan fingerprint density at radius 3 is 2.75 bits per heavy atom. The summed E-state index contributed by atoms with van der Waals surface area (Å²) in [5.41, 5.74) is 6.20. The zero-order valence-corrected chi connectivity index (χ0v) is 18.4. The molecule has 2 N–H and O–H groups in total. The van der Waals surface area contributed by atoms with Gasteiger partial charge in [-0.1, -0.05) is 37.1 Å². The van der Waals surface area contributed by atoms with Crippen molar-refractivity contribution in [1.82, 2.24) is 15.4 Å². The van der Waals surface area contributed by atoms with Gasteiger partial charge in [-0.05, 0) is 66.6 Å². The van der Waals surface area contributed by atoms with Crippen molar-refractivity contribution >= 4 is 34.8 Å². The van der Waals surface area contributed by atoms with Crippen LogP contribution in [-0.4, -0.2) is 28.7 Å². The number of carbonyl (C=O) groups excluding carboxylic acids is 1. The summed E-state index contributed by atoms with van der Waals surface area (Å²) in [5, 5.41) is 4.67. The predicted molar refractivity (Wildman–Crippen MR) is 128 cm³/mol. The van der Waals surface area contributed by atoms with Gasteiger partial charge in [-0.25, -0.2) is 10.4 Å². The highest BCUT2D eigenvalue weighted by Gasteiger charge is 2.11. The first-order valence-electron chi connectivity index (χ1n) is 10.4. The monoisotopic (exact) mass is 446 g/mol. The van der Waals surface area contributed by atoms with Crippen LogP contribution in [0, 0.1) is 0 Å². The summed E-state index contributed by atoms with van der Waals surface area (Å²) in [4.78, 5) is 20.3. The fourth-order valence-electron chi connectivity index (χ4n) is 3.15. The molecule has 1 amide bonds. The van der Waals surface area contributed by atoms with Crippen LogP contribution in [0.15, 0.2) is 71.8 Å². The minimum absolute atomic E-state index is 0.309. The van der Waals surface area contributed by atoms with Crippen LogP contribution >= 0.6 is 11.6 Å². The van der Waals surface area contributed by atoms with E-state index in [9.17, 15) is 4.79 Å². The van der Waals surface area contributed by atoms with E-state index in [1.54, 1.807) is 24.4 Å². The number of hydrazone groups is 1. The van der Waals surface area contributed by atoms with E-state index in [1.807, 2.05) is 48.5 Å². The molecule has 3 aromatic carbocycles. The van der Waals surface area contributed by atoms with Crippen molar-refractivity contribution < 1.29 is 9.53 Å². The molecule has 0 unspecified atom stereocenters. The largest absolute Gasteiger partial charge is 0.494 e. The number of aromatic amines is 1. The van der Waals surface area contributed by atoms with Crippen molar-refractivity contribution in [3.8, 4) is 17.1 Å². The lowest BCUT2D eigenvalue weighted by Crippen LogP contribution is -2.17. The van der Waals surface area contributed by atoms with Gasteiger partial charge in [-0.15, -0.1) is 0 Å². The number of carbonyl (C=O) groups is 1. The number of amides is 1. The Morgan fingerprint density at radius 2 is 1.97 bits per heavy atom. The Balaban J connectivity index is 1.41. The molecule has 4 aromatic rings. The van der Waals surface area contributed by atoms with Gasteiger partial charge in [0.1, 0.15) is 11.6 Å². The molecule has 32 heavy (non-hydrogen) atoms. The van der Waals surface area contributed by atoms with Crippen molar-refractivity contribution in [2.75, 3.05) is 6.61 Å². The SMILES string of the molecule is CCCCOc1ccc(/C=N/NC(=O)c2ccc3nc(-c4ccccc4Cl)[nH]c3c2)cc1. The van der Waals surface area contributed by atoms with Gasteiger partial charge in [0.25, 0.3) is 5.91 Å². The summed E-state index contributed by atoms with van der Waals surface area (Å²) in [6.45, 7) is 2.84. The van der Waals surface area contributed by atoms with Gasteiger partial charge in [0.2, 0.25) is 0 Å². The molecule has 1 heterocycles. The lowest BCUT2D eigenvalue weighted by Gasteiger charge is -2.05. The first kappa shape index (κ1) is 21.6. The Kier molecular flexibility index (Phi) is 6.82. The molecule has 1 aromatic heterocycles. The van der Waals surface area contributed by atoms with Gasteiger partial charge in [-0.3, -0.25) is 4.79 Å². The van der Waals surface area contributed by atoms with Crippen molar-refractivity contribution in [2.45, 2.75) is 19.8 Å². The average Bonchev–Trinajstić information content (AvgIpc) is 3.23. The molecular formula is C25H23ClN4O2. The molecule has 0 aliphatic heterocycles. The number of rotatable bonds is 8. The normalized spacial score (nSPS) is 11.2. The van der Waals surface area contributed by atoms with Crippen LogP contribution in [-0.2, 0) is 0 Å².